The van der Waals surface area contributed by atoms with E-state index in [1.165, 1.54) is 0 Å². The number of H-pyrrole nitrogens is 1. The lowest BCUT2D eigenvalue weighted by molar-refractivity contribution is 0.543. The van der Waals surface area contributed by atoms with Gasteiger partial charge in [0.05, 0.1) is 16.7 Å². The molecule has 1 fully saturated rings. The predicted octanol–water partition coefficient (Wildman–Crippen LogP) is 1.86. The van der Waals surface area contributed by atoms with Crippen LogP contribution in [-0.4, -0.2) is 28.3 Å². The molecule has 0 unspecified atom stereocenters. The molecule has 6 heteroatoms. The topological polar surface area (TPSA) is 57.8 Å². The maximum absolute atomic E-state index is 12.0. The molecule has 3 rings (SSSR count). The fourth-order valence-electron chi connectivity index (χ4n) is 2.00. The number of benzene rings is 1. The van der Waals surface area contributed by atoms with Crippen LogP contribution in [-0.2, 0) is 5.75 Å². The third-order valence-electron chi connectivity index (χ3n) is 3.19. The number of fused-ring (bicyclic) bond motifs is 1. The van der Waals surface area contributed by atoms with Crippen molar-refractivity contribution in [1.82, 2.24) is 15.3 Å². The number of halogens is 1. The van der Waals surface area contributed by atoms with Crippen LogP contribution in [0, 0.1) is 6.92 Å². The fraction of sp³-hybridized carbons (Fsp3) is 0.385. The average molecular weight is 298 g/mol. The van der Waals surface area contributed by atoms with Crippen molar-refractivity contribution in [3.63, 3.8) is 0 Å². The molecule has 19 heavy (non-hydrogen) atoms. The van der Waals surface area contributed by atoms with Gasteiger partial charge in [-0.05, 0) is 18.6 Å². The molecule has 4 nitrogen and oxygen atoms in total. The summed E-state index contributed by atoms with van der Waals surface area (Å²) in [5, 5.41) is 4.56. The highest BCUT2D eigenvalue weighted by Crippen LogP contribution is 2.19. The fourth-order valence-corrected chi connectivity index (χ4v) is 3.00. The van der Waals surface area contributed by atoms with Crippen molar-refractivity contribution in [2.45, 2.75) is 17.9 Å². The predicted molar refractivity (Wildman–Crippen MR) is 82.3 cm³/mol. The van der Waals surface area contributed by atoms with Crippen LogP contribution in [0.5, 0.6) is 0 Å². The van der Waals surface area contributed by atoms with Crippen molar-refractivity contribution in [3.8, 4) is 0 Å². The maximum Gasteiger partial charge on any atom is 0.258 e. The molecule has 0 bridgehead atoms. The molecule has 1 aliphatic rings. The van der Waals surface area contributed by atoms with Crippen molar-refractivity contribution in [2.75, 3.05) is 13.1 Å². The summed E-state index contributed by atoms with van der Waals surface area (Å²) in [5.41, 5.74) is 1.84. The lowest BCUT2D eigenvalue weighted by Crippen LogP contribution is -2.44. The van der Waals surface area contributed by atoms with Crippen LogP contribution in [0.3, 0.4) is 0 Å². The van der Waals surface area contributed by atoms with Crippen LogP contribution in [0.4, 0.5) is 0 Å². The molecule has 1 saturated heterocycles. The summed E-state index contributed by atoms with van der Waals surface area (Å²) in [5.74, 6) is 1.55. The average Bonchev–Trinajstić information content (AvgIpc) is 2.29. The Morgan fingerprint density at radius 3 is 2.89 bits per heavy atom. The number of nitrogens with zero attached hydrogens (tertiary/aromatic N) is 1. The van der Waals surface area contributed by atoms with E-state index < -0.39 is 0 Å². The van der Waals surface area contributed by atoms with Gasteiger partial charge in [0.25, 0.3) is 5.56 Å². The van der Waals surface area contributed by atoms with E-state index in [0.717, 1.165) is 35.7 Å². The molecule has 0 spiro atoms. The van der Waals surface area contributed by atoms with Gasteiger partial charge in [-0.2, -0.15) is 0 Å². The van der Waals surface area contributed by atoms with Gasteiger partial charge in [0.2, 0.25) is 0 Å². The second-order valence-corrected chi connectivity index (χ2v) is 5.86. The van der Waals surface area contributed by atoms with Gasteiger partial charge in [-0.15, -0.1) is 24.2 Å². The number of rotatable bonds is 3. The number of hydrogen-bond acceptors (Lipinski definition) is 4. The Morgan fingerprint density at radius 2 is 2.21 bits per heavy atom. The number of aryl methyl sites for hydroxylation is 1. The van der Waals surface area contributed by atoms with Gasteiger partial charge in [0.1, 0.15) is 5.82 Å². The third kappa shape index (κ3) is 2.94. The largest absolute Gasteiger partial charge is 0.314 e. The van der Waals surface area contributed by atoms with Crippen LogP contribution in [0.25, 0.3) is 10.9 Å². The van der Waals surface area contributed by atoms with Gasteiger partial charge in [-0.1, -0.05) is 12.1 Å². The molecule has 2 N–H and O–H groups in total. The third-order valence-corrected chi connectivity index (χ3v) is 4.43. The van der Waals surface area contributed by atoms with Crippen molar-refractivity contribution in [2.24, 2.45) is 0 Å². The van der Waals surface area contributed by atoms with E-state index in [4.69, 9.17) is 0 Å². The van der Waals surface area contributed by atoms with Crippen LogP contribution in [0.1, 0.15) is 11.4 Å². The van der Waals surface area contributed by atoms with Crippen molar-refractivity contribution < 1.29 is 0 Å². The number of hydrogen-bond donors (Lipinski definition) is 2. The number of nitrogens with one attached hydrogen (secondary N) is 2. The summed E-state index contributed by atoms with van der Waals surface area (Å²) in [4.78, 5) is 19.4. The van der Waals surface area contributed by atoms with Crippen molar-refractivity contribution >= 4 is 35.1 Å². The lowest BCUT2D eigenvalue weighted by Gasteiger charge is -2.26. The zero-order valence-electron chi connectivity index (χ0n) is 10.6. The van der Waals surface area contributed by atoms with E-state index in [1.54, 1.807) is 0 Å². The molecule has 0 aliphatic carbocycles. The summed E-state index contributed by atoms with van der Waals surface area (Å²) in [6, 6.07) is 5.70. The summed E-state index contributed by atoms with van der Waals surface area (Å²) in [6.07, 6.45) is 0. The van der Waals surface area contributed by atoms with E-state index in [1.807, 2.05) is 36.9 Å². The van der Waals surface area contributed by atoms with E-state index in [2.05, 4.69) is 15.3 Å². The Bertz CT molecular complexity index is 639. The highest BCUT2D eigenvalue weighted by atomic mass is 35.5. The van der Waals surface area contributed by atoms with E-state index in [9.17, 15) is 4.79 Å². The number of aromatic amines is 1. The zero-order chi connectivity index (χ0) is 12.5. The number of thioether (sulfide) groups is 1. The Hall–Kier alpha value is -1.04. The molecule has 0 radical (unpaired) electrons. The van der Waals surface area contributed by atoms with Crippen LogP contribution >= 0.6 is 24.2 Å². The number of aromatic nitrogens is 2. The first kappa shape index (κ1) is 14.4. The molecule has 2 aromatic rings. The first-order valence-electron chi connectivity index (χ1n) is 6.05. The zero-order valence-corrected chi connectivity index (χ0v) is 12.2. The van der Waals surface area contributed by atoms with E-state index >= 15 is 0 Å². The summed E-state index contributed by atoms with van der Waals surface area (Å²) >= 11 is 1.84. The smallest absolute Gasteiger partial charge is 0.258 e. The number of para-hydroxylation sites is 1. The molecule has 1 aromatic heterocycles. The Morgan fingerprint density at radius 1 is 1.42 bits per heavy atom. The summed E-state index contributed by atoms with van der Waals surface area (Å²) in [6.45, 7) is 4.10. The Kier molecular flexibility index (Phi) is 4.50. The monoisotopic (exact) mass is 297 g/mol. The van der Waals surface area contributed by atoms with Gasteiger partial charge in [0, 0.05) is 18.3 Å². The molecular weight excluding hydrogens is 282 g/mol. The first-order valence-corrected chi connectivity index (χ1v) is 7.10. The molecular formula is C13H16ClN3OS. The van der Waals surface area contributed by atoms with Crippen LogP contribution in [0.2, 0.25) is 0 Å². The molecule has 1 aliphatic heterocycles. The Balaban J connectivity index is 0.00000133. The van der Waals surface area contributed by atoms with Gasteiger partial charge in [0.15, 0.2) is 0 Å². The van der Waals surface area contributed by atoms with Crippen molar-refractivity contribution in [1.29, 1.82) is 0 Å². The molecule has 0 saturated carbocycles. The van der Waals surface area contributed by atoms with Gasteiger partial charge in [-0.25, -0.2) is 4.98 Å². The first-order chi connectivity index (χ1) is 8.74. The minimum atomic E-state index is -0.0361. The molecule has 0 amide bonds. The Labute approximate surface area is 121 Å². The maximum atomic E-state index is 12.0. The van der Waals surface area contributed by atoms with E-state index in [0.29, 0.717) is 10.6 Å². The molecule has 102 valence electrons. The van der Waals surface area contributed by atoms with Crippen molar-refractivity contribution in [3.05, 3.63) is 39.9 Å². The highest BCUT2D eigenvalue weighted by molar-refractivity contribution is 7.99. The second kappa shape index (κ2) is 5.94. The molecule has 1 aromatic carbocycles. The van der Waals surface area contributed by atoms with Gasteiger partial charge in [-0.3, -0.25) is 4.79 Å². The summed E-state index contributed by atoms with van der Waals surface area (Å²) < 4.78 is 0. The quantitative estimate of drug-likeness (QED) is 0.908. The van der Waals surface area contributed by atoms with Gasteiger partial charge >= 0.3 is 0 Å². The molecule has 0 atom stereocenters. The minimum Gasteiger partial charge on any atom is -0.314 e. The standard InChI is InChI=1S/C13H15N3OS.ClH/c1-8-3-2-4-10-12(8)15-11(16-13(10)17)7-18-9-5-14-6-9;/h2-4,9,14H,5-7H2,1H3,(H,15,16,17);1H. The van der Waals surface area contributed by atoms with Crippen LogP contribution in [0.15, 0.2) is 23.0 Å². The van der Waals surface area contributed by atoms with Gasteiger partial charge < -0.3 is 10.3 Å². The summed E-state index contributed by atoms with van der Waals surface area (Å²) in [7, 11) is 0. The normalized spacial score (nSPS) is 15.0. The SMILES string of the molecule is Cc1cccc2c(=O)[nH]c(CSC3CNC3)nc12.Cl. The minimum absolute atomic E-state index is 0. The highest BCUT2D eigenvalue weighted by Gasteiger charge is 2.17. The van der Waals surface area contributed by atoms with E-state index in [-0.39, 0.29) is 18.0 Å². The van der Waals surface area contributed by atoms with Crippen LogP contribution < -0.4 is 10.9 Å². The second-order valence-electron chi connectivity index (χ2n) is 4.57. The lowest BCUT2D eigenvalue weighted by atomic mass is 10.1. The molecule has 2 heterocycles.